The van der Waals surface area contributed by atoms with Gasteiger partial charge in [-0.05, 0) is 46.5 Å². The van der Waals surface area contributed by atoms with Crippen LogP contribution >= 0.6 is 0 Å². The molecule has 0 radical (unpaired) electrons. The van der Waals surface area contributed by atoms with Crippen molar-refractivity contribution in [2.24, 2.45) is 5.92 Å². The highest BCUT2D eigenvalue weighted by Gasteiger charge is 2.29. The summed E-state index contributed by atoms with van der Waals surface area (Å²) in [6.07, 6.45) is 2.28. The molecule has 1 rings (SSSR count). The molecule has 0 aromatic heterocycles. The van der Waals surface area contributed by atoms with Crippen molar-refractivity contribution in [2.75, 3.05) is 6.61 Å². The Morgan fingerprint density at radius 1 is 1.33 bits per heavy atom. The number of carbonyl (C=O) groups excluding carboxylic acids is 1. The van der Waals surface area contributed by atoms with E-state index in [1.54, 1.807) is 0 Å². The van der Waals surface area contributed by atoms with Crippen LogP contribution in [0.25, 0.3) is 0 Å². The molecule has 1 fully saturated rings. The fourth-order valence-electron chi connectivity index (χ4n) is 1.71. The molecule has 1 heterocycles. The quantitative estimate of drug-likeness (QED) is 0.442. The van der Waals surface area contributed by atoms with Crippen molar-refractivity contribution in [3.05, 3.63) is 0 Å². The van der Waals surface area contributed by atoms with Crippen LogP contribution in [-0.4, -0.2) is 24.7 Å². The second-order valence-electron chi connectivity index (χ2n) is 5.54. The van der Waals surface area contributed by atoms with Gasteiger partial charge in [0.25, 0.3) is 0 Å². The number of hydrogen-bond donors (Lipinski definition) is 0. The lowest BCUT2D eigenvalue weighted by Gasteiger charge is -2.27. The maximum Gasteiger partial charge on any atom is 0.510 e. The van der Waals surface area contributed by atoms with Crippen LogP contribution < -0.4 is 0 Å². The smallest absolute Gasteiger partial charge is 0.434 e. The fraction of sp³-hybridized carbons (Fsp3) is 0.923. The van der Waals surface area contributed by atoms with Crippen LogP contribution in [0.4, 0.5) is 4.79 Å². The SMILES string of the molecule is CCC1CCCCOC(=O)OC1OOC(C)(C)C. The molecule has 1 saturated heterocycles. The monoisotopic (exact) mass is 260 g/mol. The normalized spacial score (nSPS) is 26.6. The molecule has 0 aliphatic carbocycles. The van der Waals surface area contributed by atoms with E-state index in [4.69, 9.17) is 19.2 Å². The van der Waals surface area contributed by atoms with Crippen LogP contribution in [0.1, 0.15) is 53.4 Å². The summed E-state index contributed by atoms with van der Waals surface area (Å²) < 4.78 is 10.1. The average Bonchev–Trinajstić information content (AvgIpc) is 2.36. The number of hydrogen-bond acceptors (Lipinski definition) is 5. The first-order valence-electron chi connectivity index (χ1n) is 6.60. The van der Waals surface area contributed by atoms with Crippen molar-refractivity contribution in [1.29, 1.82) is 0 Å². The zero-order chi connectivity index (χ0) is 13.6. The predicted molar refractivity (Wildman–Crippen MR) is 65.8 cm³/mol. The van der Waals surface area contributed by atoms with Crippen LogP contribution in [0, 0.1) is 5.92 Å². The van der Waals surface area contributed by atoms with E-state index in [2.05, 4.69) is 0 Å². The van der Waals surface area contributed by atoms with Crippen LogP contribution in [0.3, 0.4) is 0 Å². The zero-order valence-corrected chi connectivity index (χ0v) is 11.7. The van der Waals surface area contributed by atoms with Crippen molar-refractivity contribution in [3.8, 4) is 0 Å². The summed E-state index contributed by atoms with van der Waals surface area (Å²) in [6.45, 7) is 8.08. The molecule has 0 N–H and O–H groups in total. The first kappa shape index (κ1) is 15.2. The van der Waals surface area contributed by atoms with Gasteiger partial charge >= 0.3 is 6.16 Å². The molecule has 1 aliphatic heterocycles. The fourth-order valence-corrected chi connectivity index (χ4v) is 1.71. The van der Waals surface area contributed by atoms with Crippen molar-refractivity contribution in [2.45, 2.75) is 65.3 Å². The molecule has 0 aromatic rings. The summed E-state index contributed by atoms with van der Waals surface area (Å²) in [5, 5.41) is 0. The molecule has 0 saturated carbocycles. The van der Waals surface area contributed by atoms with E-state index < -0.39 is 18.0 Å². The lowest BCUT2D eigenvalue weighted by molar-refractivity contribution is -0.418. The van der Waals surface area contributed by atoms with Gasteiger partial charge in [-0.2, -0.15) is 4.89 Å². The van der Waals surface area contributed by atoms with E-state index in [1.165, 1.54) is 0 Å². The average molecular weight is 260 g/mol. The van der Waals surface area contributed by atoms with E-state index in [-0.39, 0.29) is 5.92 Å². The molecule has 0 aromatic carbocycles. The Labute approximate surface area is 109 Å². The van der Waals surface area contributed by atoms with Crippen LogP contribution in [0.15, 0.2) is 0 Å². The van der Waals surface area contributed by atoms with Gasteiger partial charge in [0.15, 0.2) is 0 Å². The maximum atomic E-state index is 11.4. The minimum absolute atomic E-state index is 0.137. The Morgan fingerprint density at radius 2 is 2.06 bits per heavy atom. The maximum absolute atomic E-state index is 11.4. The lowest BCUT2D eigenvalue weighted by Crippen LogP contribution is -2.33. The molecule has 0 amide bonds. The Morgan fingerprint density at radius 3 is 2.67 bits per heavy atom. The predicted octanol–water partition coefficient (Wildman–Crippen LogP) is 3.42. The van der Waals surface area contributed by atoms with E-state index in [0.29, 0.717) is 6.61 Å². The van der Waals surface area contributed by atoms with Crippen molar-refractivity contribution in [3.63, 3.8) is 0 Å². The minimum Gasteiger partial charge on any atom is -0.434 e. The topological polar surface area (TPSA) is 54.0 Å². The van der Waals surface area contributed by atoms with Crippen molar-refractivity contribution in [1.82, 2.24) is 0 Å². The number of ether oxygens (including phenoxy) is 2. The second kappa shape index (κ2) is 6.95. The van der Waals surface area contributed by atoms with Gasteiger partial charge < -0.3 is 9.47 Å². The van der Waals surface area contributed by atoms with E-state index in [1.807, 2.05) is 27.7 Å². The zero-order valence-electron chi connectivity index (χ0n) is 11.7. The lowest BCUT2D eigenvalue weighted by atomic mass is 9.99. The summed E-state index contributed by atoms with van der Waals surface area (Å²) in [4.78, 5) is 21.9. The summed E-state index contributed by atoms with van der Waals surface area (Å²) in [5.74, 6) is 0.137. The Bertz CT molecular complexity index is 259. The second-order valence-corrected chi connectivity index (χ2v) is 5.54. The Kier molecular flexibility index (Phi) is 5.88. The first-order valence-corrected chi connectivity index (χ1v) is 6.60. The van der Waals surface area contributed by atoms with Gasteiger partial charge in [0, 0.05) is 5.92 Å². The van der Waals surface area contributed by atoms with E-state index in [9.17, 15) is 4.79 Å². The standard InChI is InChI=1S/C13H24O5/c1-5-10-8-6-7-9-15-12(14)16-11(10)17-18-13(2,3)4/h10-11H,5-9H2,1-4H3. The van der Waals surface area contributed by atoms with Crippen molar-refractivity contribution >= 4 is 6.16 Å². The van der Waals surface area contributed by atoms with Crippen LogP contribution in [0.5, 0.6) is 0 Å². The number of rotatable bonds is 3. The molecule has 2 atom stereocenters. The Hall–Kier alpha value is -0.810. The summed E-state index contributed by atoms with van der Waals surface area (Å²) in [6, 6.07) is 0. The summed E-state index contributed by atoms with van der Waals surface area (Å²) in [5.41, 5.74) is -0.440. The minimum atomic E-state index is -0.695. The van der Waals surface area contributed by atoms with E-state index >= 15 is 0 Å². The Balaban J connectivity index is 2.62. The van der Waals surface area contributed by atoms with Gasteiger partial charge in [0.05, 0.1) is 12.2 Å². The first-order chi connectivity index (χ1) is 8.42. The molecule has 0 spiro atoms. The molecule has 106 valence electrons. The molecule has 5 nitrogen and oxygen atoms in total. The van der Waals surface area contributed by atoms with Crippen LogP contribution in [0.2, 0.25) is 0 Å². The molecule has 1 aliphatic rings. The van der Waals surface area contributed by atoms with Gasteiger partial charge in [-0.15, -0.1) is 0 Å². The highest BCUT2D eigenvalue weighted by Crippen LogP contribution is 2.24. The summed E-state index contributed by atoms with van der Waals surface area (Å²) in [7, 11) is 0. The molecule has 18 heavy (non-hydrogen) atoms. The molecule has 2 unspecified atom stereocenters. The number of cyclic esters (lactones) is 2. The van der Waals surface area contributed by atoms with Gasteiger partial charge in [0.1, 0.15) is 0 Å². The third-order valence-corrected chi connectivity index (χ3v) is 2.70. The molecular weight excluding hydrogens is 236 g/mol. The summed E-state index contributed by atoms with van der Waals surface area (Å²) >= 11 is 0. The third kappa shape index (κ3) is 5.69. The van der Waals surface area contributed by atoms with Crippen LogP contribution in [-0.2, 0) is 19.2 Å². The molecular formula is C13H24O5. The molecule has 5 heteroatoms. The van der Waals surface area contributed by atoms with E-state index in [0.717, 1.165) is 25.7 Å². The van der Waals surface area contributed by atoms with Gasteiger partial charge in [0.2, 0.25) is 6.29 Å². The van der Waals surface area contributed by atoms with Gasteiger partial charge in [-0.3, -0.25) is 0 Å². The van der Waals surface area contributed by atoms with Gasteiger partial charge in [-0.1, -0.05) is 6.92 Å². The number of carbonyl (C=O) groups is 1. The highest BCUT2D eigenvalue weighted by atomic mass is 17.2. The highest BCUT2D eigenvalue weighted by molar-refractivity contribution is 5.59. The molecule has 0 bridgehead atoms. The van der Waals surface area contributed by atoms with Crippen molar-refractivity contribution < 1.29 is 24.0 Å². The third-order valence-electron chi connectivity index (χ3n) is 2.70. The largest absolute Gasteiger partial charge is 0.510 e. The van der Waals surface area contributed by atoms with Gasteiger partial charge in [-0.25, -0.2) is 9.68 Å².